The van der Waals surface area contributed by atoms with E-state index in [2.05, 4.69) is 16.0 Å². The lowest BCUT2D eigenvalue weighted by molar-refractivity contribution is -0.384. The zero-order valence-corrected chi connectivity index (χ0v) is 25.0. The van der Waals surface area contributed by atoms with E-state index >= 15 is 0 Å². The lowest BCUT2D eigenvalue weighted by Gasteiger charge is -2.10. The van der Waals surface area contributed by atoms with Gasteiger partial charge in [0.1, 0.15) is 11.4 Å². The lowest BCUT2D eigenvalue weighted by atomic mass is 10.1. The van der Waals surface area contributed by atoms with E-state index < -0.39 is 4.92 Å². The molecule has 12 heteroatoms. The van der Waals surface area contributed by atoms with Gasteiger partial charge in [-0.25, -0.2) is 0 Å². The van der Waals surface area contributed by atoms with Crippen LogP contribution in [0.25, 0.3) is 12.2 Å². The van der Waals surface area contributed by atoms with Crippen molar-refractivity contribution in [2.45, 2.75) is 6.42 Å². The van der Waals surface area contributed by atoms with E-state index in [1.807, 2.05) is 31.1 Å². The van der Waals surface area contributed by atoms with E-state index in [9.17, 15) is 24.5 Å². The average Bonchev–Trinajstić information content (AvgIpc) is 3.55. The largest absolute Gasteiger partial charge is 0.351 e. The average molecular weight is 598 g/mol. The summed E-state index contributed by atoms with van der Waals surface area (Å²) in [6.07, 6.45) is 7.82. The Labute approximate surface area is 255 Å². The zero-order chi connectivity index (χ0) is 31.8. The molecule has 2 aromatic heterocycles. The van der Waals surface area contributed by atoms with Crippen molar-refractivity contribution in [1.82, 2.24) is 19.4 Å². The van der Waals surface area contributed by atoms with Crippen LogP contribution in [0.15, 0.2) is 73.1 Å². The molecule has 4 aromatic rings. The van der Waals surface area contributed by atoms with Gasteiger partial charge in [-0.15, -0.1) is 0 Å². The van der Waals surface area contributed by atoms with E-state index in [1.54, 1.807) is 84.2 Å². The minimum absolute atomic E-state index is 0.0291. The van der Waals surface area contributed by atoms with E-state index in [0.717, 1.165) is 24.1 Å². The molecule has 2 aromatic carbocycles. The third-order valence-electron chi connectivity index (χ3n) is 6.80. The van der Waals surface area contributed by atoms with Crippen LogP contribution >= 0.6 is 0 Å². The van der Waals surface area contributed by atoms with Gasteiger partial charge in [-0.05, 0) is 74.6 Å². The third kappa shape index (κ3) is 8.29. The molecule has 0 fully saturated rings. The summed E-state index contributed by atoms with van der Waals surface area (Å²) in [5.74, 6) is -0.942. The first kappa shape index (κ1) is 31.4. The Morgan fingerprint density at radius 2 is 1.30 bits per heavy atom. The Bertz CT molecular complexity index is 1680. The number of nitro benzene ring substituents is 1. The van der Waals surface area contributed by atoms with Crippen molar-refractivity contribution in [2.75, 3.05) is 37.8 Å². The molecule has 0 unspecified atom stereocenters. The Morgan fingerprint density at radius 3 is 1.82 bits per heavy atom. The van der Waals surface area contributed by atoms with Crippen molar-refractivity contribution in [3.05, 3.63) is 111 Å². The van der Waals surface area contributed by atoms with Crippen LogP contribution in [0.4, 0.5) is 17.1 Å². The molecule has 4 rings (SSSR count). The minimum atomic E-state index is -0.444. The smallest absolute Gasteiger partial charge is 0.272 e. The molecule has 0 bridgehead atoms. The number of nitrogens with one attached hydrogen (secondary N) is 3. The topological polar surface area (TPSA) is 144 Å². The van der Waals surface area contributed by atoms with Gasteiger partial charge in [0, 0.05) is 50.7 Å². The number of hydrogen-bond acceptors (Lipinski definition) is 6. The van der Waals surface area contributed by atoms with Gasteiger partial charge in [0.25, 0.3) is 23.4 Å². The van der Waals surface area contributed by atoms with E-state index in [1.165, 1.54) is 12.1 Å². The van der Waals surface area contributed by atoms with Crippen molar-refractivity contribution in [1.29, 1.82) is 0 Å². The Morgan fingerprint density at radius 1 is 0.795 bits per heavy atom. The van der Waals surface area contributed by atoms with E-state index in [0.29, 0.717) is 34.9 Å². The van der Waals surface area contributed by atoms with Crippen LogP contribution in [0.2, 0.25) is 0 Å². The minimum Gasteiger partial charge on any atom is -0.351 e. The molecule has 0 radical (unpaired) electrons. The first-order chi connectivity index (χ1) is 21.0. The number of amides is 3. The SMILES string of the molecule is CN(C)CCCNC(=O)c1cc(NC(=O)c2cc(NC(=O)c3ccc(/C=C/c4ccc([N+](=O)[O-])cc4)cc3)cn2C)cn1C. The molecular formula is C32H35N7O5. The fraction of sp³-hybridized carbons (Fsp3) is 0.219. The molecular weight excluding hydrogens is 562 g/mol. The summed E-state index contributed by atoms with van der Waals surface area (Å²) in [4.78, 5) is 50.9. The number of aryl methyl sites for hydroxylation is 2. The van der Waals surface area contributed by atoms with Crippen LogP contribution in [0.5, 0.6) is 0 Å². The normalized spacial score (nSPS) is 11.1. The van der Waals surface area contributed by atoms with Crippen LogP contribution in [0.1, 0.15) is 48.9 Å². The standard InChI is InChI=1S/C32H35N7O5/c1-36(2)17-5-16-33-31(41)28-18-26(21-37(28)3)35-32(42)29-19-25(20-38(29)4)34-30(40)24-12-8-22(9-13-24)6-7-23-10-14-27(15-11-23)39(43)44/h6-15,18-21H,5,16-17H2,1-4H3,(H,33,41)(H,34,40)(H,35,42)/b7-6+. The summed E-state index contributed by atoms with van der Waals surface area (Å²) in [6, 6.07) is 16.4. The van der Waals surface area contributed by atoms with Gasteiger partial charge in [-0.2, -0.15) is 0 Å². The van der Waals surface area contributed by atoms with Gasteiger partial charge < -0.3 is 30.0 Å². The Hall–Kier alpha value is -5.49. The van der Waals surface area contributed by atoms with Gasteiger partial charge in [0.15, 0.2) is 0 Å². The number of benzene rings is 2. The predicted octanol–water partition coefficient (Wildman–Crippen LogP) is 4.63. The quantitative estimate of drug-likeness (QED) is 0.0941. The van der Waals surface area contributed by atoms with Gasteiger partial charge >= 0.3 is 0 Å². The number of non-ortho nitro benzene ring substituents is 1. The maximum absolute atomic E-state index is 13.0. The second kappa shape index (κ2) is 14.1. The maximum Gasteiger partial charge on any atom is 0.272 e. The fourth-order valence-corrected chi connectivity index (χ4v) is 4.45. The first-order valence-electron chi connectivity index (χ1n) is 13.9. The van der Waals surface area contributed by atoms with Gasteiger partial charge in [0.2, 0.25) is 0 Å². The molecule has 0 spiro atoms. The molecule has 12 nitrogen and oxygen atoms in total. The van der Waals surface area contributed by atoms with E-state index in [4.69, 9.17) is 0 Å². The molecule has 0 saturated carbocycles. The number of anilines is 2. The highest BCUT2D eigenvalue weighted by molar-refractivity contribution is 6.07. The summed E-state index contributed by atoms with van der Waals surface area (Å²) in [5, 5.41) is 19.3. The molecule has 44 heavy (non-hydrogen) atoms. The van der Waals surface area contributed by atoms with Crippen molar-refractivity contribution in [3.63, 3.8) is 0 Å². The fourth-order valence-electron chi connectivity index (χ4n) is 4.45. The van der Waals surface area contributed by atoms with Crippen molar-refractivity contribution < 1.29 is 19.3 Å². The highest BCUT2D eigenvalue weighted by Crippen LogP contribution is 2.19. The van der Waals surface area contributed by atoms with Crippen LogP contribution in [0.3, 0.4) is 0 Å². The molecule has 0 aliphatic carbocycles. The van der Waals surface area contributed by atoms with Gasteiger partial charge in [-0.3, -0.25) is 24.5 Å². The highest BCUT2D eigenvalue weighted by atomic mass is 16.6. The number of aromatic nitrogens is 2. The summed E-state index contributed by atoms with van der Waals surface area (Å²) >= 11 is 0. The second-order valence-corrected chi connectivity index (χ2v) is 10.6. The molecule has 0 aliphatic rings. The first-order valence-corrected chi connectivity index (χ1v) is 13.9. The number of nitrogens with zero attached hydrogens (tertiary/aromatic N) is 4. The number of nitro groups is 1. The van der Waals surface area contributed by atoms with Crippen molar-refractivity contribution in [2.24, 2.45) is 14.1 Å². The summed E-state index contributed by atoms with van der Waals surface area (Å²) in [5.41, 5.74) is 3.81. The Balaban J connectivity index is 1.33. The molecule has 3 N–H and O–H groups in total. The third-order valence-corrected chi connectivity index (χ3v) is 6.80. The van der Waals surface area contributed by atoms with E-state index in [-0.39, 0.29) is 23.4 Å². The number of rotatable bonds is 12. The molecule has 0 atom stereocenters. The second-order valence-electron chi connectivity index (χ2n) is 10.6. The highest BCUT2D eigenvalue weighted by Gasteiger charge is 2.17. The molecule has 0 aliphatic heterocycles. The summed E-state index contributed by atoms with van der Waals surface area (Å²) in [6.45, 7) is 1.42. The molecule has 3 amide bonds. The molecule has 228 valence electrons. The summed E-state index contributed by atoms with van der Waals surface area (Å²) < 4.78 is 3.27. The van der Waals surface area contributed by atoms with Crippen molar-refractivity contribution in [3.8, 4) is 0 Å². The number of carbonyl (C=O) groups excluding carboxylic acids is 3. The number of hydrogen-bond donors (Lipinski definition) is 3. The van der Waals surface area contributed by atoms with Crippen LogP contribution < -0.4 is 16.0 Å². The number of carbonyl (C=O) groups is 3. The molecule has 0 saturated heterocycles. The summed E-state index contributed by atoms with van der Waals surface area (Å²) in [7, 11) is 7.39. The van der Waals surface area contributed by atoms with Crippen LogP contribution in [-0.2, 0) is 14.1 Å². The van der Waals surface area contributed by atoms with Crippen LogP contribution in [0, 0.1) is 10.1 Å². The van der Waals surface area contributed by atoms with Crippen LogP contribution in [-0.4, -0.2) is 63.9 Å². The van der Waals surface area contributed by atoms with Gasteiger partial charge in [0.05, 0.1) is 16.3 Å². The Kier molecular flexibility index (Phi) is 10.1. The van der Waals surface area contributed by atoms with Crippen molar-refractivity contribution >= 4 is 46.9 Å². The zero-order valence-electron chi connectivity index (χ0n) is 25.0. The maximum atomic E-state index is 13.0. The monoisotopic (exact) mass is 597 g/mol. The lowest BCUT2D eigenvalue weighted by Crippen LogP contribution is -2.28. The molecule has 2 heterocycles. The predicted molar refractivity (Wildman–Crippen MR) is 171 cm³/mol. The van der Waals surface area contributed by atoms with Gasteiger partial charge in [-0.1, -0.05) is 24.3 Å².